The predicted molar refractivity (Wildman–Crippen MR) is 102 cm³/mol. The number of hydrogen-bond acceptors (Lipinski definition) is 3. The van der Waals surface area contributed by atoms with E-state index in [9.17, 15) is 13.2 Å². The average Bonchev–Trinajstić information content (AvgIpc) is 2.63. The van der Waals surface area contributed by atoms with E-state index in [0.717, 1.165) is 23.5 Å². The summed E-state index contributed by atoms with van der Waals surface area (Å²) in [4.78, 5) is 10.7. The quantitative estimate of drug-likeness (QED) is 0.597. The van der Waals surface area contributed by atoms with E-state index in [1.807, 2.05) is 38.1 Å². The van der Waals surface area contributed by atoms with Crippen molar-refractivity contribution in [3.63, 3.8) is 0 Å². The molecule has 0 aliphatic carbocycles. The summed E-state index contributed by atoms with van der Waals surface area (Å²) in [6.07, 6.45) is -2.63. The highest BCUT2D eigenvalue weighted by molar-refractivity contribution is 5.79. The zero-order chi connectivity index (χ0) is 19.9. The van der Waals surface area contributed by atoms with Gasteiger partial charge in [0, 0.05) is 38.9 Å². The van der Waals surface area contributed by atoms with Crippen molar-refractivity contribution < 1.29 is 13.2 Å². The molecule has 0 unspecified atom stereocenters. The number of rotatable bonds is 6. The number of nitrogens with one attached hydrogen (secondary N) is 2. The minimum absolute atomic E-state index is 0.146. The topological polar surface area (TPSA) is 52.6 Å². The Labute approximate surface area is 157 Å². The smallest absolute Gasteiger partial charge is 0.362 e. The van der Waals surface area contributed by atoms with Gasteiger partial charge < -0.3 is 15.5 Å². The second-order valence-corrected chi connectivity index (χ2v) is 6.13. The van der Waals surface area contributed by atoms with Crippen molar-refractivity contribution in [3.8, 4) is 0 Å². The van der Waals surface area contributed by atoms with Gasteiger partial charge in [-0.05, 0) is 30.7 Å². The maximum atomic E-state index is 12.8. The summed E-state index contributed by atoms with van der Waals surface area (Å²) in [5.74, 6) is 1.38. The zero-order valence-corrected chi connectivity index (χ0v) is 15.6. The highest BCUT2D eigenvalue weighted by atomic mass is 19.4. The highest BCUT2D eigenvalue weighted by Crippen LogP contribution is 2.29. The number of alkyl halides is 3. The molecule has 27 heavy (non-hydrogen) atoms. The molecule has 0 spiro atoms. The first kappa shape index (κ1) is 20.5. The van der Waals surface area contributed by atoms with Crippen LogP contribution in [0.25, 0.3) is 0 Å². The molecule has 0 saturated heterocycles. The predicted octanol–water partition coefficient (Wildman–Crippen LogP) is 3.42. The van der Waals surface area contributed by atoms with Gasteiger partial charge in [-0.3, -0.25) is 0 Å². The average molecular weight is 379 g/mol. The van der Waals surface area contributed by atoms with Crippen LogP contribution in [0.15, 0.2) is 47.6 Å². The molecule has 0 amide bonds. The number of aliphatic imine (C=N–C) groups is 1. The van der Waals surface area contributed by atoms with Crippen molar-refractivity contribution in [1.82, 2.24) is 15.6 Å². The number of anilines is 1. The molecular formula is C19H24F3N5. The van der Waals surface area contributed by atoms with Crippen LogP contribution >= 0.6 is 0 Å². The summed E-state index contributed by atoms with van der Waals surface area (Å²) in [6, 6.07) is 9.03. The zero-order valence-electron chi connectivity index (χ0n) is 15.6. The summed E-state index contributed by atoms with van der Waals surface area (Å²) >= 11 is 0. The summed E-state index contributed by atoms with van der Waals surface area (Å²) in [7, 11) is 3.83. The van der Waals surface area contributed by atoms with E-state index in [4.69, 9.17) is 0 Å². The molecule has 0 aliphatic rings. The number of halogens is 3. The molecule has 2 rings (SSSR count). The molecule has 8 heteroatoms. The fourth-order valence-corrected chi connectivity index (χ4v) is 2.51. The van der Waals surface area contributed by atoms with Gasteiger partial charge in [0.25, 0.3) is 0 Å². The summed E-state index contributed by atoms with van der Waals surface area (Å²) < 4.78 is 38.5. The van der Waals surface area contributed by atoms with E-state index < -0.39 is 11.7 Å². The highest BCUT2D eigenvalue weighted by Gasteiger charge is 2.30. The lowest BCUT2D eigenvalue weighted by Gasteiger charge is -2.17. The first-order chi connectivity index (χ1) is 12.8. The molecule has 2 aromatic rings. The van der Waals surface area contributed by atoms with E-state index >= 15 is 0 Å². The maximum absolute atomic E-state index is 12.8. The first-order valence-electron chi connectivity index (χ1n) is 8.60. The Morgan fingerprint density at radius 2 is 1.93 bits per heavy atom. The molecule has 1 aromatic carbocycles. The number of pyridine rings is 1. The van der Waals surface area contributed by atoms with Crippen LogP contribution in [0.4, 0.5) is 19.0 Å². The van der Waals surface area contributed by atoms with Crippen LogP contribution in [0.2, 0.25) is 0 Å². The van der Waals surface area contributed by atoms with Crippen LogP contribution in [-0.4, -0.2) is 31.6 Å². The van der Waals surface area contributed by atoms with E-state index in [1.165, 1.54) is 6.07 Å². The number of aromatic nitrogens is 1. The molecule has 0 bridgehead atoms. The Morgan fingerprint density at radius 3 is 2.59 bits per heavy atom. The minimum atomic E-state index is -4.36. The number of benzene rings is 1. The van der Waals surface area contributed by atoms with Crippen molar-refractivity contribution in [1.29, 1.82) is 0 Å². The Morgan fingerprint density at radius 1 is 1.15 bits per heavy atom. The fourth-order valence-electron chi connectivity index (χ4n) is 2.51. The molecule has 1 aromatic heterocycles. The van der Waals surface area contributed by atoms with Crippen LogP contribution in [0.3, 0.4) is 0 Å². The molecule has 0 atom stereocenters. The normalized spacial score (nSPS) is 12.0. The molecule has 0 aliphatic heterocycles. The summed E-state index contributed by atoms with van der Waals surface area (Å²) in [5, 5.41) is 6.30. The van der Waals surface area contributed by atoms with Gasteiger partial charge in [-0.25, -0.2) is 9.98 Å². The molecular weight excluding hydrogens is 355 g/mol. The molecule has 2 N–H and O–H groups in total. The maximum Gasteiger partial charge on any atom is 0.416 e. The van der Waals surface area contributed by atoms with Crippen LogP contribution in [-0.2, 0) is 19.3 Å². The van der Waals surface area contributed by atoms with Gasteiger partial charge in [0.1, 0.15) is 5.82 Å². The lowest BCUT2D eigenvalue weighted by molar-refractivity contribution is -0.137. The van der Waals surface area contributed by atoms with E-state index in [2.05, 4.69) is 20.6 Å². The van der Waals surface area contributed by atoms with Gasteiger partial charge in [0.2, 0.25) is 0 Å². The summed E-state index contributed by atoms with van der Waals surface area (Å²) in [5.41, 5.74) is 0.823. The second kappa shape index (κ2) is 9.25. The minimum Gasteiger partial charge on any atom is -0.362 e. The fraction of sp³-hybridized carbons (Fsp3) is 0.368. The Hall–Kier alpha value is -2.77. The van der Waals surface area contributed by atoms with Gasteiger partial charge in [-0.2, -0.15) is 13.2 Å². The largest absolute Gasteiger partial charge is 0.416 e. The lowest BCUT2D eigenvalue weighted by atomic mass is 10.1. The van der Waals surface area contributed by atoms with Gasteiger partial charge in [0.15, 0.2) is 5.96 Å². The molecule has 5 nitrogen and oxygen atoms in total. The lowest BCUT2D eigenvalue weighted by Crippen LogP contribution is -2.37. The van der Waals surface area contributed by atoms with Gasteiger partial charge in [0.05, 0.1) is 12.1 Å². The van der Waals surface area contributed by atoms with E-state index in [-0.39, 0.29) is 6.54 Å². The van der Waals surface area contributed by atoms with Crippen molar-refractivity contribution in [3.05, 3.63) is 59.3 Å². The monoisotopic (exact) mass is 379 g/mol. The molecule has 0 fully saturated rings. The number of guanidine groups is 1. The number of hydrogen-bond donors (Lipinski definition) is 2. The van der Waals surface area contributed by atoms with Gasteiger partial charge in [-0.1, -0.05) is 18.2 Å². The molecule has 0 radical (unpaired) electrons. The molecule has 0 saturated carbocycles. The molecule has 1 heterocycles. The first-order valence-corrected chi connectivity index (χ1v) is 8.60. The van der Waals surface area contributed by atoms with E-state index in [1.54, 1.807) is 12.3 Å². The standard InChI is InChI=1S/C19H24F3N5/c1-4-23-18(26-13-15-8-6-10-24-17(15)27(2)3)25-12-14-7-5-9-16(11-14)19(20,21)22/h5-11H,4,12-13H2,1-3H3,(H2,23,25,26). The van der Waals surface area contributed by atoms with Crippen LogP contribution in [0, 0.1) is 0 Å². The third-order valence-electron chi connectivity index (χ3n) is 3.76. The Balaban J connectivity index is 2.09. The van der Waals surface area contributed by atoms with Crippen molar-refractivity contribution in [2.75, 3.05) is 25.5 Å². The van der Waals surface area contributed by atoms with Crippen molar-refractivity contribution in [2.45, 2.75) is 26.2 Å². The van der Waals surface area contributed by atoms with Crippen LogP contribution in [0.5, 0.6) is 0 Å². The van der Waals surface area contributed by atoms with Crippen molar-refractivity contribution >= 4 is 11.8 Å². The van der Waals surface area contributed by atoms with Gasteiger partial charge >= 0.3 is 6.18 Å². The third kappa shape index (κ3) is 6.16. The third-order valence-corrected chi connectivity index (χ3v) is 3.76. The second-order valence-electron chi connectivity index (χ2n) is 6.13. The van der Waals surface area contributed by atoms with E-state index in [0.29, 0.717) is 24.6 Å². The Bertz CT molecular complexity index is 772. The Kier molecular flexibility index (Phi) is 7.04. The molecule has 146 valence electrons. The SMILES string of the molecule is CCNC(=NCc1cccc(C(F)(F)F)c1)NCc1cccnc1N(C)C. The van der Waals surface area contributed by atoms with Crippen LogP contribution in [0.1, 0.15) is 23.6 Å². The summed E-state index contributed by atoms with van der Waals surface area (Å²) in [6.45, 7) is 3.21. The van der Waals surface area contributed by atoms with Gasteiger partial charge in [-0.15, -0.1) is 0 Å². The van der Waals surface area contributed by atoms with Crippen molar-refractivity contribution in [2.24, 2.45) is 4.99 Å². The number of nitrogens with zero attached hydrogens (tertiary/aromatic N) is 3. The van der Waals surface area contributed by atoms with Crippen LogP contribution < -0.4 is 15.5 Å².